The average Bonchev–Trinajstić information content (AvgIpc) is 2.52. The fourth-order valence-corrected chi connectivity index (χ4v) is 2.88. The molecule has 1 aromatic carbocycles. The number of hydrogen-bond acceptors (Lipinski definition) is 2. The molecule has 1 heterocycles. The lowest BCUT2D eigenvalue weighted by Crippen LogP contribution is -2.42. The van der Waals surface area contributed by atoms with Crippen LogP contribution in [-0.4, -0.2) is 23.7 Å². The van der Waals surface area contributed by atoms with Crippen molar-refractivity contribution in [3.05, 3.63) is 29.8 Å². The van der Waals surface area contributed by atoms with E-state index < -0.39 is 11.0 Å². The highest BCUT2D eigenvalue weighted by Gasteiger charge is 2.48. The SMILES string of the molecule is CCC(C)(O)C[C@]1(C)C(=O)N(C)c2ccccc21. The number of carbonyl (C=O) groups excluding carboxylic acids is 1. The zero-order valence-electron chi connectivity index (χ0n) is 11.5. The number of anilines is 1. The highest BCUT2D eigenvalue weighted by molar-refractivity contribution is 6.07. The average molecular weight is 247 g/mol. The quantitative estimate of drug-likeness (QED) is 0.891. The number of fused-ring (bicyclic) bond motifs is 1. The van der Waals surface area contributed by atoms with Crippen LogP contribution in [0.15, 0.2) is 24.3 Å². The molecule has 1 aliphatic rings. The molecule has 2 atom stereocenters. The lowest BCUT2D eigenvalue weighted by molar-refractivity contribution is -0.124. The lowest BCUT2D eigenvalue weighted by Gasteiger charge is -2.32. The second-order valence-electron chi connectivity index (χ2n) is 5.74. The van der Waals surface area contributed by atoms with Crippen molar-refractivity contribution in [1.82, 2.24) is 0 Å². The van der Waals surface area contributed by atoms with Gasteiger partial charge in [-0.15, -0.1) is 0 Å². The van der Waals surface area contributed by atoms with Crippen molar-refractivity contribution in [2.45, 2.75) is 44.6 Å². The van der Waals surface area contributed by atoms with Gasteiger partial charge in [-0.1, -0.05) is 25.1 Å². The van der Waals surface area contributed by atoms with Crippen LogP contribution in [0.2, 0.25) is 0 Å². The summed E-state index contributed by atoms with van der Waals surface area (Å²) in [6, 6.07) is 7.83. The minimum Gasteiger partial charge on any atom is -0.390 e. The number of rotatable bonds is 3. The molecule has 18 heavy (non-hydrogen) atoms. The van der Waals surface area contributed by atoms with Crippen molar-refractivity contribution in [3.8, 4) is 0 Å². The molecule has 1 unspecified atom stereocenters. The minimum atomic E-state index is -0.817. The molecule has 0 radical (unpaired) electrons. The van der Waals surface area contributed by atoms with Crippen molar-refractivity contribution >= 4 is 11.6 Å². The summed E-state index contributed by atoms with van der Waals surface area (Å²) in [5.41, 5.74) is 0.538. The number of likely N-dealkylation sites (N-methyl/N-ethyl adjacent to an activating group) is 1. The third-order valence-corrected chi connectivity index (χ3v) is 4.13. The third kappa shape index (κ3) is 1.83. The number of amides is 1. The van der Waals surface area contributed by atoms with Gasteiger partial charge < -0.3 is 10.0 Å². The van der Waals surface area contributed by atoms with Crippen LogP contribution in [0.3, 0.4) is 0 Å². The molecule has 1 amide bonds. The van der Waals surface area contributed by atoms with E-state index in [1.165, 1.54) is 0 Å². The molecule has 1 aromatic rings. The molecule has 2 rings (SSSR count). The molecule has 0 aromatic heterocycles. The Kier molecular flexibility index (Phi) is 2.98. The first kappa shape index (κ1) is 13.1. The van der Waals surface area contributed by atoms with Crippen LogP contribution in [0.4, 0.5) is 5.69 Å². The summed E-state index contributed by atoms with van der Waals surface area (Å²) in [5, 5.41) is 10.3. The summed E-state index contributed by atoms with van der Waals surface area (Å²) in [7, 11) is 1.80. The number of aliphatic hydroxyl groups is 1. The maximum absolute atomic E-state index is 12.5. The second kappa shape index (κ2) is 4.09. The Bertz CT molecular complexity index is 481. The van der Waals surface area contributed by atoms with Gasteiger partial charge in [0.05, 0.1) is 11.0 Å². The zero-order valence-corrected chi connectivity index (χ0v) is 11.5. The van der Waals surface area contributed by atoms with Crippen molar-refractivity contribution in [1.29, 1.82) is 0 Å². The van der Waals surface area contributed by atoms with Gasteiger partial charge in [0.25, 0.3) is 0 Å². The van der Waals surface area contributed by atoms with Gasteiger partial charge in [0, 0.05) is 12.7 Å². The molecule has 0 fully saturated rings. The Balaban J connectivity index is 2.48. The van der Waals surface area contributed by atoms with Gasteiger partial charge in [-0.3, -0.25) is 4.79 Å². The van der Waals surface area contributed by atoms with E-state index in [-0.39, 0.29) is 5.91 Å². The molecule has 0 spiro atoms. The first-order valence-corrected chi connectivity index (χ1v) is 6.42. The standard InChI is InChI=1S/C15H21NO2/c1-5-14(2,18)10-15(3)11-8-6-7-9-12(11)16(4)13(15)17/h6-9,18H,5,10H2,1-4H3/t14?,15-/m0/s1. The van der Waals surface area contributed by atoms with Crippen LogP contribution in [0, 0.1) is 0 Å². The molecule has 98 valence electrons. The van der Waals surface area contributed by atoms with Crippen LogP contribution in [0.1, 0.15) is 39.2 Å². The summed E-state index contributed by atoms with van der Waals surface area (Å²) >= 11 is 0. The normalized spacial score (nSPS) is 26.1. The van der Waals surface area contributed by atoms with Crippen LogP contribution in [0.25, 0.3) is 0 Å². The number of carbonyl (C=O) groups is 1. The third-order valence-electron chi connectivity index (χ3n) is 4.13. The molecule has 3 heteroatoms. The van der Waals surface area contributed by atoms with E-state index in [0.29, 0.717) is 12.8 Å². The second-order valence-corrected chi connectivity index (χ2v) is 5.74. The highest BCUT2D eigenvalue weighted by atomic mass is 16.3. The first-order valence-electron chi connectivity index (χ1n) is 6.42. The number of hydrogen-bond donors (Lipinski definition) is 1. The molecule has 0 saturated heterocycles. The Labute approximate surface area is 108 Å². The van der Waals surface area contributed by atoms with E-state index in [2.05, 4.69) is 0 Å². The summed E-state index contributed by atoms with van der Waals surface area (Å²) in [4.78, 5) is 14.2. The fourth-order valence-electron chi connectivity index (χ4n) is 2.88. The van der Waals surface area contributed by atoms with Crippen LogP contribution >= 0.6 is 0 Å². The predicted octanol–water partition coefficient (Wildman–Crippen LogP) is 2.47. The van der Waals surface area contributed by atoms with Gasteiger partial charge in [-0.05, 0) is 38.3 Å². The molecule has 0 aliphatic carbocycles. The van der Waals surface area contributed by atoms with Gasteiger partial charge in [0.2, 0.25) is 5.91 Å². The van der Waals surface area contributed by atoms with E-state index in [9.17, 15) is 9.90 Å². The Morgan fingerprint density at radius 3 is 2.61 bits per heavy atom. The molecule has 3 nitrogen and oxygen atoms in total. The monoisotopic (exact) mass is 247 g/mol. The fraction of sp³-hybridized carbons (Fsp3) is 0.533. The molecule has 1 N–H and O–H groups in total. The Morgan fingerprint density at radius 2 is 2.00 bits per heavy atom. The predicted molar refractivity (Wildman–Crippen MR) is 72.7 cm³/mol. The number of nitrogens with zero attached hydrogens (tertiary/aromatic N) is 1. The lowest BCUT2D eigenvalue weighted by atomic mass is 9.74. The van der Waals surface area contributed by atoms with E-state index in [1.807, 2.05) is 38.1 Å². The Hall–Kier alpha value is -1.35. The topological polar surface area (TPSA) is 40.5 Å². The van der Waals surface area contributed by atoms with Crippen molar-refractivity contribution in [2.75, 3.05) is 11.9 Å². The molecule has 0 saturated carbocycles. The molecular weight excluding hydrogens is 226 g/mol. The summed E-state index contributed by atoms with van der Waals surface area (Å²) in [6.45, 7) is 5.67. The number of benzene rings is 1. The summed E-state index contributed by atoms with van der Waals surface area (Å²) in [6.07, 6.45) is 1.10. The van der Waals surface area contributed by atoms with Gasteiger partial charge >= 0.3 is 0 Å². The van der Waals surface area contributed by atoms with E-state index in [4.69, 9.17) is 0 Å². The molecule has 1 aliphatic heterocycles. The van der Waals surface area contributed by atoms with Gasteiger partial charge in [-0.2, -0.15) is 0 Å². The first-order chi connectivity index (χ1) is 8.32. The van der Waals surface area contributed by atoms with Gasteiger partial charge in [0.15, 0.2) is 0 Å². The largest absolute Gasteiger partial charge is 0.390 e. The maximum Gasteiger partial charge on any atom is 0.237 e. The van der Waals surface area contributed by atoms with Gasteiger partial charge in [-0.25, -0.2) is 0 Å². The van der Waals surface area contributed by atoms with Gasteiger partial charge in [0.1, 0.15) is 0 Å². The van der Waals surface area contributed by atoms with Crippen molar-refractivity contribution in [3.63, 3.8) is 0 Å². The van der Waals surface area contributed by atoms with Crippen molar-refractivity contribution in [2.24, 2.45) is 0 Å². The van der Waals surface area contributed by atoms with E-state index in [1.54, 1.807) is 18.9 Å². The summed E-state index contributed by atoms with van der Waals surface area (Å²) < 4.78 is 0. The minimum absolute atomic E-state index is 0.0671. The number of para-hydroxylation sites is 1. The highest BCUT2D eigenvalue weighted by Crippen LogP contribution is 2.45. The Morgan fingerprint density at radius 1 is 1.39 bits per heavy atom. The smallest absolute Gasteiger partial charge is 0.237 e. The molecular formula is C15H21NO2. The van der Waals surface area contributed by atoms with E-state index in [0.717, 1.165) is 11.3 Å². The van der Waals surface area contributed by atoms with Crippen LogP contribution in [-0.2, 0) is 10.2 Å². The summed E-state index contributed by atoms with van der Waals surface area (Å²) in [5.74, 6) is 0.0671. The zero-order chi connectivity index (χ0) is 13.6. The maximum atomic E-state index is 12.5. The van der Waals surface area contributed by atoms with Crippen LogP contribution in [0.5, 0.6) is 0 Å². The molecule has 0 bridgehead atoms. The van der Waals surface area contributed by atoms with Crippen molar-refractivity contribution < 1.29 is 9.90 Å². The van der Waals surface area contributed by atoms with E-state index >= 15 is 0 Å². The van der Waals surface area contributed by atoms with Crippen LogP contribution < -0.4 is 4.90 Å².